The molecular weight excluding hydrogens is 232 g/mol. The molecule has 0 atom stereocenters. The lowest BCUT2D eigenvalue weighted by molar-refractivity contribution is -0.134. The molecule has 0 aliphatic carbocycles. The summed E-state index contributed by atoms with van der Waals surface area (Å²) in [7, 11) is 1.71. The molecule has 5 heteroatoms. The molecule has 5 nitrogen and oxygen atoms in total. The van der Waals surface area contributed by atoms with E-state index in [1.165, 1.54) is 0 Å². The van der Waals surface area contributed by atoms with Gasteiger partial charge in [0, 0.05) is 33.4 Å². The standard InChI is InChI=1S/C13H26N2O3/c1-13(2,4-7-17-3)11-14-10-12(16)15-5-8-18-9-6-15/h14H,4-11H2,1-3H3. The first-order valence-electron chi connectivity index (χ1n) is 6.60. The molecule has 1 N–H and O–H groups in total. The van der Waals surface area contributed by atoms with Gasteiger partial charge in [-0.2, -0.15) is 0 Å². The van der Waals surface area contributed by atoms with Crippen LogP contribution in [-0.4, -0.2) is 63.9 Å². The quantitative estimate of drug-likeness (QED) is 0.722. The van der Waals surface area contributed by atoms with Crippen molar-refractivity contribution in [2.75, 3.05) is 53.1 Å². The van der Waals surface area contributed by atoms with E-state index in [0.717, 1.165) is 19.6 Å². The molecule has 18 heavy (non-hydrogen) atoms. The van der Waals surface area contributed by atoms with Crippen LogP contribution in [0, 0.1) is 5.41 Å². The van der Waals surface area contributed by atoms with Gasteiger partial charge in [-0.1, -0.05) is 13.8 Å². The largest absolute Gasteiger partial charge is 0.385 e. The normalized spacial score (nSPS) is 16.9. The molecule has 1 fully saturated rings. The van der Waals surface area contributed by atoms with Gasteiger partial charge in [0.25, 0.3) is 0 Å². The van der Waals surface area contributed by atoms with E-state index >= 15 is 0 Å². The molecular formula is C13H26N2O3. The number of hydrogen-bond acceptors (Lipinski definition) is 4. The Bertz CT molecular complexity index is 251. The van der Waals surface area contributed by atoms with Crippen molar-refractivity contribution in [3.8, 4) is 0 Å². The Balaban J connectivity index is 2.17. The van der Waals surface area contributed by atoms with Gasteiger partial charge in [-0.25, -0.2) is 0 Å². The number of ether oxygens (including phenoxy) is 2. The van der Waals surface area contributed by atoms with Crippen LogP contribution >= 0.6 is 0 Å². The van der Waals surface area contributed by atoms with Crippen molar-refractivity contribution in [1.82, 2.24) is 10.2 Å². The molecule has 1 rings (SSSR count). The first kappa shape index (κ1) is 15.4. The van der Waals surface area contributed by atoms with Crippen LogP contribution in [0.3, 0.4) is 0 Å². The molecule has 0 radical (unpaired) electrons. The summed E-state index contributed by atoms with van der Waals surface area (Å²) in [5.74, 6) is 0.167. The van der Waals surface area contributed by atoms with Crippen molar-refractivity contribution in [3.63, 3.8) is 0 Å². The minimum atomic E-state index is 0.154. The SMILES string of the molecule is COCCC(C)(C)CNCC(=O)N1CCOCC1. The third kappa shape index (κ3) is 5.80. The molecule has 0 bridgehead atoms. The molecule has 1 saturated heterocycles. The number of methoxy groups -OCH3 is 1. The van der Waals surface area contributed by atoms with Crippen LogP contribution in [0.1, 0.15) is 20.3 Å². The van der Waals surface area contributed by atoms with E-state index in [1.54, 1.807) is 7.11 Å². The van der Waals surface area contributed by atoms with E-state index in [1.807, 2.05) is 4.90 Å². The van der Waals surface area contributed by atoms with Gasteiger partial charge >= 0.3 is 0 Å². The minimum absolute atomic E-state index is 0.154. The fourth-order valence-corrected chi connectivity index (χ4v) is 1.90. The van der Waals surface area contributed by atoms with Crippen LogP contribution in [0.4, 0.5) is 0 Å². The maximum Gasteiger partial charge on any atom is 0.236 e. The Labute approximate surface area is 110 Å². The Morgan fingerprint density at radius 2 is 2.06 bits per heavy atom. The molecule has 0 aromatic carbocycles. The minimum Gasteiger partial charge on any atom is -0.385 e. The zero-order chi connectivity index (χ0) is 13.4. The van der Waals surface area contributed by atoms with Crippen molar-refractivity contribution < 1.29 is 14.3 Å². The second-order valence-corrected chi connectivity index (χ2v) is 5.50. The zero-order valence-corrected chi connectivity index (χ0v) is 11.8. The van der Waals surface area contributed by atoms with Crippen LogP contribution in [0.5, 0.6) is 0 Å². The highest BCUT2D eigenvalue weighted by Crippen LogP contribution is 2.18. The summed E-state index contributed by atoms with van der Waals surface area (Å²) in [5.41, 5.74) is 0.154. The van der Waals surface area contributed by atoms with Crippen LogP contribution < -0.4 is 5.32 Å². The van der Waals surface area contributed by atoms with Crippen molar-refractivity contribution >= 4 is 5.91 Å². The van der Waals surface area contributed by atoms with Crippen molar-refractivity contribution in [2.45, 2.75) is 20.3 Å². The number of nitrogens with one attached hydrogen (secondary N) is 1. The maximum atomic E-state index is 11.9. The highest BCUT2D eigenvalue weighted by molar-refractivity contribution is 5.78. The van der Waals surface area contributed by atoms with E-state index in [4.69, 9.17) is 9.47 Å². The van der Waals surface area contributed by atoms with Crippen LogP contribution in [0.15, 0.2) is 0 Å². The van der Waals surface area contributed by atoms with Crippen molar-refractivity contribution in [2.24, 2.45) is 5.41 Å². The Morgan fingerprint density at radius 3 is 2.67 bits per heavy atom. The van der Waals surface area contributed by atoms with Gasteiger partial charge < -0.3 is 19.7 Å². The third-order valence-electron chi connectivity index (χ3n) is 3.23. The predicted molar refractivity (Wildman–Crippen MR) is 70.5 cm³/mol. The molecule has 0 aromatic rings. The summed E-state index contributed by atoms with van der Waals surface area (Å²) >= 11 is 0. The average Bonchev–Trinajstić information content (AvgIpc) is 2.37. The molecule has 0 spiro atoms. The molecule has 1 aliphatic heterocycles. The number of nitrogens with zero attached hydrogens (tertiary/aromatic N) is 1. The molecule has 0 aromatic heterocycles. The molecule has 106 valence electrons. The zero-order valence-electron chi connectivity index (χ0n) is 11.8. The average molecular weight is 258 g/mol. The second-order valence-electron chi connectivity index (χ2n) is 5.50. The number of amides is 1. The summed E-state index contributed by atoms with van der Waals surface area (Å²) in [6, 6.07) is 0. The lowest BCUT2D eigenvalue weighted by atomic mass is 9.90. The van der Waals surface area contributed by atoms with Gasteiger partial charge in [-0.15, -0.1) is 0 Å². The second kappa shape index (κ2) is 7.71. The van der Waals surface area contributed by atoms with Crippen LogP contribution in [0.2, 0.25) is 0 Å². The number of carbonyl (C=O) groups is 1. The summed E-state index contributed by atoms with van der Waals surface area (Å²) in [6.45, 7) is 9.10. The molecule has 1 aliphatic rings. The van der Waals surface area contributed by atoms with E-state index in [2.05, 4.69) is 19.2 Å². The summed E-state index contributed by atoms with van der Waals surface area (Å²) < 4.78 is 10.3. The Morgan fingerprint density at radius 1 is 1.39 bits per heavy atom. The van der Waals surface area contributed by atoms with Crippen molar-refractivity contribution in [3.05, 3.63) is 0 Å². The van der Waals surface area contributed by atoms with Crippen molar-refractivity contribution in [1.29, 1.82) is 0 Å². The Hall–Kier alpha value is -0.650. The van der Waals surface area contributed by atoms with E-state index in [0.29, 0.717) is 32.8 Å². The summed E-state index contributed by atoms with van der Waals surface area (Å²) in [5, 5.41) is 3.24. The van der Waals surface area contributed by atoms with Gasteiger partial charge in [0.2, 0.25) is 5.91 Å². The van der Waals surface area contributed by atoms with Gasteiger partial charge in [-0.05, 0) is 11.8 Å². The maximum absolute atomic E-state index is 11.9. The van der Waals surface area contributed by atoms with E-state index in [9.17, 15) is 4.79 Å². The Kier molecular flexibility index (Phi) is 6.60. The topological polar surface area (TPSA) is 50.8 Å². The fourth-order valence-electron chi connectivity index (χ4n) is 1.90. The summed E-state index contributed by atoms with van der Waals surface area (Å²) in [4.78, 5) is 13.7. The number of hydrogen-bond donors (Lipinski definition) is 1. The molecule has 0 unspecified atom stereocenters. The number of morpholine rings is 1. The van der Waals surface area contributed by atoms with Gasteiger partial charge in [0.05, 0.1) is 19.8 Å². The lowest BCUT2D eigenvalue weighted by Gasteiger charge is -2.28. The lowest BCUT2D eigenvalue weighted by Crippen LogP contribution is -2.45. The number of rotatable bonds is 7. The van der Waals surface area contributed by atoms with Gasteiger partial charge in [0.15, 0.2) is 0 Å². The molecule has 1 amide bonds. The predicted octanol–water partition coefficient (Wildman–Crippen LogP) is 0.498. The highest BCUT2D eigenvalue weighted by Gasteiger charge is 2.20. The monoisotopic (exact) mass is 258 g/mol. The summed E-state index contributed by atoms with van der Waals surface area (Å²) in [6.07, 6.45) is 0.988. The number of carbonyl (C=O) groups excluding carboxylic acids is 1. The van der Waals surface area contributed by atoms with E-state index < -0.39 is 0 Å². The van der Waals surface area contributed by atoms with Gasteiger partial charge in [0.1, 0.15) is 0 Å². The third-order valence-corrected chi connectivity index (χ3v) is 3.23. The van der Waals surface area contributed by atoms with Gasteiger partial charge in [-0.3, -0.25) is 4.79 Å². The molecule has 0 saturated carbocycles. The smallest absolute Gasteiger partial charge is 0.236 e. The first-order chi connectivity index (χ1) is 8.55. The molecule has 1 heterocycles. The fraction of sp³-hybridized carbons (Fsp3) is 0.923. The van der Waals surface area contributed by atoms with E-state index in [-0.39, 0.29) is 11.3 Å². The first-order valence-corrected chi connectivity index (χ1v) is 6.60. The highest BCUT2D eigenvalue weighted by atomic mass is 16.5. The van der Waals surface area contributed by atoms with Crippen LogP contribution in [0.25, 0.3) is 0 Å². The van der Waals surface area contributed by atoms with Crippen LogP contribution in [-0.2, 0) is 14.3 Å².